The van der Waals surface area contributed by atoms with Gasteiger partial charge in [0.2, 0.25) is 0 Å². The largest absolute Gasteiger partial charge is 0.385 e. The maximum absolute atomic E-state index is 14.0. The van der Waals surface area contributed by atoms with E-state index in [0.717, 1.165) is 11.6 Å². The Morgan fingerprint density at radius 1 is 1.05 bits per heavy atom. The smallest absolute Gasteiger partial charge is 0.152 e. The van der Waals surface area contributed by atoms with Gasteiger partial charge in [-0.05, 0) is 19.1 Å². The molecule has 0 spiro atoms. The Morgan fingerprint density at radius 3 is 2.52 bits per heavy atom. The molecule has 0 amide bonds. The van der Waals surface area contributed by atoms with Gasteiger partial charge in [0, 0.05) is 29.2 Å². The number of hydrogen-bond acceptors (Lipinski definition) is 2. The Balaban J connectivity index is 2.29. The molecule has 1 heterocycles. The molecule has 2 nitrogen and oxygen atoms in total. The van der Waals surface area contributed by atoms with Crippen LogP contribution in [-0.4, -0.2) is 11.5 Å². The van der Waals surface area contributed by atoms with Crippen molar-refractivity contribution in [3.63, 3.8) is 0 Å². The number of fused-ring (bicyclic) bond motifs is 1. The maximum atomic E-state index is 14.0. The van der Waals surface area contributed by atoms with Gasteiger partial charge >= 0.3 is 0 Å². The van der Waals surface area contributed by atoms with Crippen LogP contribution in [0.2, 0.25) is 0 Å². The number of aromatic nitrogens is 1. The van der Waals surface area contributed by atoms with Crippen LogP contribution in [-0.2, 0) is 0 Å². The average Bonchev–Trinajstić information content (AvgIpc) is 2.49. The SMILES string of the molecule is CCNc1cc(-c2ccccc2)nc2c(F)cc(F)cc12. The van der Waals surface area contributed by atoms with Gasteiger partial charge in [-0.15, -0.1) is 0 Å². The number of anilines is 1. The molecule has 0 fully saturated rings. The van der Waals surface area contributed by atoms with Crippen molar-refractivity contribution in [1.82, 2.24) is 4.98 Å². The Morgan fingerprint density at radius 2 is 1.81 bits per heavy atom. The van der Waals surface area contributed by atoms with Gasteiger partial charge in [0.05, 0.1) is 5.69 Å². The van der Waals surface area contributed by atoms with E-state index in [9.17, 15) is 8.78 Å². The molecule has 0 atom stereocenters. The van der Waals surface area contributed by atoms with Crippen LogP contribution in [0.25, 0.3) is 22.2 Å². The normalized spacial score (nSPS) is 10.8. The highest BCUT2D eigenvalue weighted by atomic mass is 19.1. The lowest BCUT2D eigenvalue weighted by Crippen LogP contribution is -2.00. The molecule has 0 radical (unpaired) electrons. The van der Waals surface area contributed by atoms with Crippen LogP contribution in [0.1, 0.15) is 6.92 Å². The molecule has 0 aliphatic rings. The van der Waals surface area contributed by atoms with Crippen molar-refractivity contribution < 1.29 is 8.78 Å². The summed E-state index contributed by atoms with van der Waals surface area (Å²) in [6.07, 6.45) is 0. The first-order valence-electron chi connectivity index (χ1n) is 6.78. The minimum atomic E-state index is -0.651. The lowest BCUT2D eigenvalue weighted by Gasteiger charge is -2.11. The Bertz CT molecular complexity index is 786. The zero-order valence-electron chi connectivity index (χ0n) is 11.5. The van der Waals surface area contributed by atoms with Crippen molar-refractivity contribution in [2.45, 2.75) is 6.92 Å². The number of nitrogens with zero attached hydrogens (tertiary/aromatic N) is 1. The summed E-state index contributed by atoms with van der Waals surface area (Å²) >= 11 is 0. The summed E-state index contributed by atoms with van der Waals surface area (Å²) in [5, 5.41) is 3.59. The second kappa shape index (κ2) is 5.48. The van der Waals surface area contributed by atoms with Crippen molar-refractivity contribution in [3.8, 4) is 11.3 Å². The molecule has 4 heteroatoms. The van der Waals surface area contributed by atoms with Gasteiger partial charge in [-0.3, -0.25) is 0 Å². The monoisotopic (exact) mass is 284 g/mol. The zero-order valence-corrected chi connectivity index (χ0v) is 11.5. The van der Waals surface area contributed by atoms with E-state index < -0.39 is 11.6 Å². The molecule has 1 N–H and O–H groups in total. The van der Waals surface area contributed by atoms with Crippen molar-refractivity contribution in [2.24, 2.45) is 0 Å². The van der Waals surface area contributed by atoms with Gasteiger partial charge in [0.25, 0.3) is 0 Å². The maximum Gasteiger partial charge on any atom is 0.152 e. The number of hydrogen-bond donors (Lipinski definition) is 1. The molecule has 3 rings (SSSR count). The minimum absolute atomic E-state index is 0.175. The molecule has 0 bridgehead atoms. The number of halogens is 2. The van der Waals surface area contributed by atoms with E-state index in [2.05, 4.69) is 10.3 Å². The number of benzene rings is 2. The molecule has 0 saturated carbocycles. The molecule has 0 saturated heterocycles. The zero-order chi connectivity index (χ0) is 14.8. The quantitative estimate of drug-likeness (QED) is 0.759. The summed E-state index contributed by atoms with van der Waals surface area (Å²) in [4.78, 5) is 4.35. The van der Waals surface area contributed by atoms with Crippen LogP contribution in [0, 0.1) is 11.6 Å². The third-order valence-electron chi connectivity index (χ3n) is 3.27. The summed E-state index contributed by atoms with van der Waals surface area (Å²) in [6.45, 7) is 2.59. The molecule has 106 valence electrons. The van der Waals surface area contributed by atoms with E-state index in [4.69, 9.17) is 0 Å². The molecular weight excluding hydrogens is 270 g/mol. The molecule has 3 aromatic rings. The van der Waals surface area contributed by atoms with Crippen molar-refractivity contribution in [3.05, 3.63) is 60.2 Å². The van der Waals surface area contributed by atoms with Gasteiger partial charge in [0.15, 0.2) is 5.82 Å². The van der Waals surface area contributed by atoms with Crippen LogP contribution < -0.4 is 5.32 Å². The summed E-state index contributed by atoms with van der Waals surface area (Å²) in [5.41, 5.74) is 2.40. The van der Waals surface area contributed by atoms with E-state index in [1.165, 1.54) is 6.07 Å². The Kier molecular flexibility index (Phi) is 3.52. The van der Waals surface area contributed by atoms with E-state index >= 15 is 0 Å². The molecular formula is C17H14F2N2. The lowest BCUT2D eigenvalue weighted by atomic mass is 10.1. The standard InChI is InChI=1S/C17H14F2N2/c1-2-20-16-10-15(11-6-4-3-5-7-11)21-17-13(16)8-12(18)9-14(17)19/h3-10H,2H2,1H3,(H,20,21). The first-order valence-corrected chi connectivity index (χ1v) is 6.78. The van der Waals surface area contributed by atoms with Crippen molar-refractivity contribution in [1.29, 1.82) is 0 Å². The number of pyridine rings is 1. The van der Waals surface area contributed by atoms with E-state index in [0.29, 0.717) is 23.3 Å². The van der Waals surface area contributed by atoms with Crippen LogP contribution in [0.4, 0.5) is 14.5 Å². The number of nitrogens with one attached hydrogen (secondary N) is 1. The highest BCUT2D eigenvalue weighted by molar-refractivity contribution is 5.94. The van der Waals surface area contributed by atoms with Crippen LogP contribution >= 0.6 is 0 Å². The summed E-state index contributed by atoms with van der Waals surface area (Å²) < 4.78 is 27.5. The fourth-order valence-electron chi connectivity index (χ4n) is 2.35. The number of rotatable bonds is 3. The van der Waals surface area contributed by atoms with Gasteiger partial charge in [-0.25, -0.2) is 13.8 Å². The Hall–Kier alpha value is -2.49. The third-order valence-corrected chi connectivity index (χ3v) is 3.27. The van der Waals surface area contributed by atoms with Crippen LogP contribution in [0.5, 0.6) is 0 Å². The topological polar surface area (TPSA) is 24.9 Å². The van der Waals surface area contributed by atoms with Gasteiger partial charge in [0.1, 0.15) is 11.3 Å². The predicted octanol–water partition coefficient (Wildman–Crippen LogP) is 4.61. The molecule has 21 heavy (non-hydrogen) atoms. The summed E-state index contributed by atoms with van der Waals surface area (Å²) in [5.74, 6) is -1.25. The van der Waals surface area contributed by atoms with E-state index in [1.54, 1.807) is 0 Å². The van der Waals surface area contributed by atoms with Gasteiger partial charge in [-0.1, -0.05) is 30.3 Å². The molecule has 2 aromatic carbocycles. The van der Waals surface area contributed by atoms with Crippen molar-refractivity contribution >= 4 is 16.6 Å². The molecule has 0 aliphatic heterocycles. The minimum Gasteiger partial charge on any atom is -0.385 e. The van der Waals surface area contributed by atoms with Crippen molar-refractivity contribution in [2.75, 3.05) is 11.9 Å². The Labute approximate surface area is 121 Å². The van der Waals surface area contributed by atoms with E-state index in [-0.39, 0.29) is 5.52 Å². The fourth-order valence-corrected chi connectivity index (χ4v) is 2.35. The molecule has 0 aliphatic carbocycles. The third kappa shape index (κ3) is 2.57. The van der Waals surface area contributed by atoms with Gasteiger partial charge in [-0.2, -0.15) is 0 Å². The highest BCUT2D eigenvalue weighted by Gasteiger charge is 2.12. The first kappa shape index (κ1) is 13.5. The van der Waals surface area contributed by atoms with Gasteiger partial charge < -0.3 is 5.32 Å². The van der Waals surface area contributed by atoms with Crippen LogP contribution in [0.15, 0.2) is 48.5 Å². The summed E-state index contributed by atoms with van der Waals surface area (Å²) in [6, 6.07) is 13.5. The molecule has 0 unspecified atom stereocenters. The van der Waals surface area contributed by atoms with E-state index in [1.807, 2.05) is 43.3 Å². The molecule has 1 aromatic heterocycles. The average molecular weight is 284 g/mol. The fraction of sp³-hybridized carbons (Fsp3) is 0.118. The highest BCUT2D eigenvalue weighted by Crippen LogP contribution is 2.30. The lowest BCUT2D eigenvalue weighted by molar-refractivity contribution is 0.590. The predicted molar refractivity (Wildman–Crippen MR) is 81.3 cm³/mol. The van der Waals surface area contributed by atoms with Crippen LogP contribution in [0.3, 0.4) is 0 Å². The second-order valence-corrected chi connectivity index (χ2v) is 4.74. The summed E-state index contributed by atoms with van der Waals surface area (Å²) in [7, 11) is 0. The second-order valence-electron chi connectivity index (χ2n) is 4.74. The first-order chi connectivity index (χ1) is 10.2.